The minimum Gasteiger partial charge on any atom is -0.489 e. The minimum atomic E-state index is 0.733. The van der Waals surface area contributed by atoms with Crippen molar-refractivity contribution in [1.82, 2.24) is 0 Å². The lowest BCUT2D eigenvalue weighted by Crippen LogP contribution is -2.09. The molecule has 0 heterocycles. The smallest absolute Gasteiger partial charge is 0.119 e. The van der Waals surface area contributed by atoms with Crippen molar-refractivity contribution in [3.63, 3.8) is 0 Å². The number of allylic oxidation sites excluding steroid dienone is 1. The topological polar surface area (TPSA) is 9.23 Å². The molecule has 1 nitrogen and oxygen atoms in total. The zero-order chi connectivity index (χ0) is 15.5. The van der Waals surface area contributed by atoms with Crippen LogP contribution in [0, 0.1) is 0 Å². The molecule has 0 spiro atoms. The summed E-state index contributed by atoms with van der Waals surface area (Å²) in [5.74, 6) is 0.973. The fourth-order valence-electron chi connectivity index (χ4n) is 3.72. The van der Waals surface area contributed by atoms with Crippen LogP contribution in [-0.4, -0.2) is 6.61 Å². The Morgan fingerprint density at radius 1 is 0.739 bits per heavy atom. The molecule has 4 rings (SSSR count). The molecule has 0 saturated heterocycles. The van der Waals surface area contributed by atoms with E-state index in [0.29, 0.717) is 0 Å². The Bertz CT molecular complexity index is 712. The molecule has 1 heteroatoms. The van der Waals surface area contributed by atoms with Crippen molar-refractivity contribution in [2.24, 2.45) is 0 Å². The number of rotatable bonds is 4. The van der Waals surface area contributed by atoms with Crippen LogP contribution in [0.4, 0.5) is 0 Å². The molecular weight excluding hydrogens is 280 g/mol. The average Bonchev–Trinajstić information content (AvgIpc) is 2.81. The third-order valence-corrected chi connectivity index (χ3v) is 5.21. The Labute approximate surface area is 139 Å². The van der Waals surface area contributed by atoms with E-state index < -0.39 is 0 Å². The number of aryl methyl sites for hydroxylation is 2. The van der Waals surface area contributed by atoms with Gasteiger partial charge < -0.3 is 4.74 Å². The molecule has 2 aliphatic carbocycles. The minimum absolute atomic E-state index is 0.733. The number of para-hydroxylation sites is 1. The van der Waals surface area contributed by atoms with Crippen LogP contribution in [-0.2, 0) is 12.8 Å². The first-order valence-electron chi connectivity index (χ1n) is 8.91. The molecule has 23 heavy (non-hydrogen) atoms. The van der Waals surface area contributed by atoms with E-state index in [1.165, 1.54) is 56.1 Å². The van der Waals surface area contributed by atoms with Gasteiger partial charge in [0.25, 0.3) is 0 Å². The van der Waals surface area contributed by atoms with Crippen LogP contribution in [0.15, 0.2) is 54.1 Å². The quantitative estimate of drug-likeness (QED) is 0.716. The highest BCUT2D eigenvalue weighted by molar-refractivity contribution is 5.70. The first-order chi connectivity index (χ1) is 11.4. The molecule has 0 fully saturated rings. The van der Waals surface area contributed by atoms with Gasteiger partial charge in [0.05, 0.1) is 0 Å². The standard InChI is InChI=1S/C22H24O/c1-3-7-20(16-23-21-8-4-2-5-9-21)22(10-6-1)19-14-12-17-11-13-18(17)15-19/h2,4-5,8-9,12,14-15H,1,3,6-7,10-11,13,16H2. The van der Waals surface area contributed by atoms with Crippen molar-refractivity contribution in [3.8, 4) is 5.75 Å². The fourth-order valence-corrected chi connectivity index (χ4v) is 3.72. The highest BCUT2D eigenvalue weighted by Gasteiger charge is 2.18. The van der Waals surface area contributed by atoms with E-state index >= 15 is 0 Å². The average molecular weight is 304 g/mol. The van der Waals surface area contributed by atoms with Crippen molar-refractivity contribution in [3.05, 3.63) is 70.8 Å². The van der Waals surface area contributed by atoms with Gasteiger partial charge in [-0.1, -0.05) is 42.8 Å². The first-order valence-corrected chi connectivity index (χ1v) is 8.91. The Morgan fingerprint density at radius 3 is 2.35 bits per heavy atom. The van der Waals surface area contributed by atoms with Gasteiger partial charge in [-0.3, -0.25) is 0 Å². The van der Waals surface area contributed by atoms with Crippen LogP contribution >= 0.6 is 0 Å². The van der Waals surface area contributed by atoms with Crippen molar-refractivity contribution in [2.75, 3.05) is 6.61 Å². The highest BCUT2D eigenvalue weighted by Crippen LogP contribution is 2.34. The van der Waals surface area contributed by atoms with Crippen molar-refractivity contribution >= 4 is 5.57 Å². The maximum atomic E-state index is 6.06. The summed E-state index contributed by atoms with van der Waals surface area (Å²) < 4.78 is 6.06. The fraction of sp³-hybridized carbons (Fsp3) is 0.364. The molecule has 0 aromatic heterocycles. The molecule has 2 aliphatic rings. The maximum absolute atomic E-state index is 6.06. The molecule has 0 N–H and O–H groups in total. The van der Waals surface area contributed by atoms with Crippen LogP contribution in [0.2, 0.25) is 0 Å². The van der Waals surface area contributed by atoms with Gasteiger partial charge in [0.15, 0.2) is 0 Å². The van der Waals surface area contributed by atoms with E-state index in [2.05, 4.69) is 18.2 Å². The van der Waals surface area contributed by atoms with Gasteiger partial charge in [-0.15, -0.1) is 0 Å². The zero-order valence-electron chi connectivity index (χ0n) is 13.7. The molecule has 2 aromatic carbocycles. The van der Waals surface area contributed by atoms with Crippen LogP contribution in [0.3, 0.4) is 0 Å². The molecule has 0 atom stereocenters. The summed E-state index contributed by atoms with van der Waals surface area (Å²) in [7, 11) is 0. The number of hydrogen-bond donors (Lipinski definition) is 0. The van der Waals surface area contributed by atoms with E-state index in [9.17, 15) is 0 Å². The van der Waals surface area contributed by atoms with E-state index in [1.54, 1.807) is 16.7 Å². The van der Waals surface area contributed by atoms with Gasteiger partial charge in [-0.25, -0.2) is 0 Å². The lowest BCUT2D eigenvalue weighted by molar-refractivity contribution is 0.347. The molecule has 0 bridgehead atoms. The van der Waals surface area contributed by atoms with Gasteiger partial charge in [0, 0.05) is 0 Å². The number of benzene rings is 2. The lowest BCUT2D eigenvalue weighted by atomic mass is 9.84. The molecule has 0 unspecified atom stereocenters. The van der Waals surface area contributed by atoms with E-state index in [1.807, 2.05) is 30.3 Å². The SMILES string of the molecule is c1ccc(OCC2=C(c3ccc4c(c3)CC4)CCCCC2)cc1. The summed E-state index contributed by atoms with van der Waals surface area (Å²) in [5, 5.41) is 0. The van der Waals surface area contributed by atoms with Gasteiger partial charge in [0.1, 0.15) is 12.4 Å². The Morgan fingerprint density at radius 2 is 1.57 bits per heavy atom. The zero-order valence-corrected chi connectivity index (χ0v) is 13.7. The molecule has 2 aromatic rings. The number of fused-ring (bicyclic) bond motifs is 1. The highest BCUT2D eigenvalue weighted by atomic mass is 16.5. The molecule has 0 aliphatic heterocycles. The van der Waals surface area contributed by atoms with Gasteiger partial charge in [-0.2, -0.15) is 0 Å². The predicted octanol–water partition coefficient (Wildman–Crippen LogP) is 5.58. The normalized spacial score (nSPS) is 17.2. The largest absolute Gasteiger partial charge is 0.489 e. The van der Waals surface area contributed by atoms with Crippen LogP contribution < -0.4 is 4.74 Å². The lowest BCUT2D eigenvalue weighted by Gasteiger charge is -2.21. The summed E-state index contributed by atoms with van der Waals surface area (Å²) in [5.41, 5.74) is 7.60. The van der Waals surface area contributed by atoms with Crippen molar-refractivity contribution in [2.45, 2.75) is 44.9 Å². The van der Waals surface area contributed by atoms with Crippen LogP contribution in [0.25, 0.3) is 5.57 Å². The predicted molar refractivity (Wildman–Crippen MR) is 95.8 cm³/mol. The summed E-state index contributed by atoms with van der Waals surface area (Å²) >= 11 is 0. The molecule has 118 valence electrons. The molecule has 0 amide bonds. The third kappa shape index (κ3) is 3.19. The number of ether oxygens (including phenoxy) is 1. The van der Waals surface area contributed by atoms with E-state index in [4.69, 9.17) is 4.74 Å². The van der Waals surface area contributed by atoms with Crippen LogP contribution in [0.5, 0.6) is 5.75 Å². The maximum Gasteiger partial charge on any atom is 0.119 e. The second-order valence-corrected chi connectivity index (χ2v) is 6.73. The Balaban J connectivity index is 1.60. The van der Waals surface area contributed by atoms with Gasteiger partial charge in [-0.05, 0) is 78.5 Å². The molecule has 0 radical (unpaired) electrons. The molecular formula is C22H24O. The van der Waals surface area contributed by atoms with E-state index in [0.717, 1.165) is 12.4 Å². The Kier molecular flexibility index (Phi) is 4.19. The summed E-state index contributed by atoms with van der Waals surface area (Å²) in [6, 6.07) is 17.3. The van der Waals surface area contributed by atoms with Gasteiger partial charge >= 0.3 is 0 Å². The second kappa shape index (κ2) is 6.62. The monoisotopic (exact) mass is 304 g/mol. The summed E-state index contributed by atoms with van der Waals surface area (Å²) in [6.45, 7) is 0.733. The van der Waals surface area contributed by atoms with Crippen LogP contribution in [0.1, 0.15) is 48.8 Å². The number of hydrogen-bond acceptors (Lipinski definition) is 1. The Hall–Kier alpha value is -2.02. The first kappa shape index (κ1) is 14.6. The third-order valence-electron chi connectivity index (χ3n) is 5.21. The van der Waals surface area contributed by atoms with Crippen molar-refractivity contribution < 1.29 is 4.74 Å². The second-order valence-electron chi connectivity index (χ2n) is 6.73. The summed E-state index contributed by atoms with van der Waals surface area (Å²) in [4.78, 5) is 0. The van der Waals surface area contributed by atoms with E-state index in [-0.39, 0.29) is 0 Å². The molecule has 0 saturated carbocycles. The van der Waals surface area contributed by atoms with Crippen molar-refractivity contribution in [1.29, 1.82) is 0 Å². The van der Waals surface area contributed by atoms with Gasteiger partial charge in [0.2, 0.25) is 0 Å². The summed E-state index contributed by atoms with van der Waals surface area (Å²) in [6.07, 6.45) is 8.84.